The summed E-state index contributed by atoms with van der Waals surface area (Å²) in [7, 11) is 1.62. The highest BCUT2D eigenvalue weighted by Crippen LogP contribution is 2.20. The van der Waals surface area contributed by atoms with Crippen LogP contribution in [0.25, 0.3) is 0 Å². The number of nitrogens with zero attached hydrogens (tertiary/aromatic N) is 3. The molecule has 5 heteroatoms. The lowest BCUT2D eigenvalue weighted by Gasteiger charge is -2.31. The first kappa shape index (κ1) is 11.1. The molecule has 0 amide bonds. The molecule has 1 aromatic rings. The van der Waals surface area contributed by atoms with Crippen LogP contribution in [0.2, 0.25) is 0 Å². The quantitative estimate of drug-likeness (QED) is 0.798. The lowest BCUT2D eigenvalue weighted by Crippen LogP contribution is -2.40. The zero-order valence-electron chi connectivity index (χ0n) is 9.81. The molecule has 88 valence electrons. The van der Waals surface area contributed by atoms with Gasteiger partial charge in [-0.25, -0.2) is 4.98 Å². The number of aromatic nitrogens is 2. The molecular weight excluding hydrogens is 204 g/mol. The van der Waals surface area contributed by atoms with Crippen LogP contribution in [0.15, 0.2) is 6.07 Å². The van der Waals surface area contributed by atoms with Gasteiger partial charge in [0.15, 0.2) is 0 Å². The summed E-state index contributed by atoms with van der Waals surface area (Å²) >= 11 is 0. The van der Waals surface area contributed by atoms with Crippen LogP contribution >= 0.6 is 0 Å². The van der Waals surface area contributed by atoms with E-state index in [1.165, 1.54) is 0 Å². The molecule has 1 saturated heterocycles. The Bertz CT molecular complexity index is 361. The molecule has 2 N–H and O–H groups in total. The Morgan fingerprint density at radius 1 is 1.38 bits per heavy atom. The smallest absolute Gasteiger partial charge is 0.218 e. The minimum absolute atomic E-state index is 0.334. The van der Waals surface area contributed by atoms with E-state index >= 15 is 0 Å². The average Bonchev–Trinajstić information content (AvgIpc) is 2.29. The highest BCUT2D eigenvalue weighted by atomic mass is 16.5. The van der Waals surface area contributed by atoms with Gasteiger partial charge in [-0.3, -0.25) is 0 Å². The standard InChI is InChI=1S/C11H18N4O/c1-8-13-10(7-11(14-8)16-2)15-5-3-9(12)4-6-15/h7,9H,3-6,12H2,1-2H3. The maximum atomic E-state index is 5.88. The molecule has 0 bridgehead atoms. The molecule has 2 rings (SSSR count). The van der Waals surface area contributed by atoms with Crippen molar-refractivity contribution < 1.29 is 4.74 Å². The van der Waals surface area contributed by atoms with E-state index in [4.69, 9.17) is 10.5 Å². The first-order valence-electron chi connectivity index (χ1n) is 5.59. The molecule has 1 aliphatic rings. The van der Waals surface area contributed by atoms with Crippen molar-refractivity contribution in [2.75, 3.05) is 25.1 Å². The summed E-state index contributed by atoms with van der Waals surface area (Å²) in [6, 6.07) is 2.21. The first-order valence-corrected chi connectivity index (χ1v) is 5.59. The van der Waals surface area contributed by atoms with E-state index in [-0.39, 0.29) is 0 Å². The minimum atomic E-state index is 0.334. The Balaban J connectivity index is 2.16. The van der Waals surface area contributed by atoms with Gasteiger partial charge in [0.2, 0.25) is 5.88 Å². The van der Waals surface area contributed by atoms with E-state index < -0.39 is 0 Å². The molecule has 2 heterocycles. The zero-order valence-corrected chi connectivity index (χ0v) is 9.81. The maximum absolute atomic E-state index is 5.88. The lowest BCUT2D eigenvalue weighted by atomic mass is 10.1. The molecular formula is C11H18N4O. The Morgan fingerprint density at radius 3 is 2.69 bits per heavy atom. The molecule has 0 spiro atoms. The Kier molecular flexibility index (Phi) is 3.24. The Hall–Kier alpha value is -1.36. The third-order valence-electron chi connectivity index (χ3n) is 2.87. The summed E-state index contributed by atoms with van der Waals surface area (Å²) in [5.41, 5.74) is 5.88. The molecule has 0 saturated carbocycles. The summed E-state index contributed by atoms with van der Waals surface area (Å²) in [4.78, 5) is 10.8. The summed E-state index contributed by atoms with van der Waals surface area (Å²) in [5, 5.41) is 0. The van der Waals surface area contributed by atoms with Gasteiger partial charge in [-0.15, -0.1) is 0 Å². The SMILES string of the molecule is COc1cc(N2CCC(N)CC2)nc(C)n1. The van der Waals surface area contributed by atoms with E-state index in [2.05, 4.69) is 14.9 Å². The van der Waals surface area contributed by atoms with Crippen LogP contribution in [0.1, 0.15) is 18.7 Å². The van der Waals surface area contributed by atoms with Crippen LogP contribution in [-0.4, -0.2) is 36.2 Å². The van der Waals surface area contributed by atoms with Crippen molar-refractivity contribution in [3.63, 3.8) is 0 Å². The number of hydrogen-bond donors (Lipinski definition) is 1. The van der Waals surface area contributed by atoms with Gasteiger partial charge in [0.25, 0.3) is 0 Å². The van der Waals surface area contributed by atoms with Gasteiger partial charge in [0.1, 0.15) is 11.6 Å². The molecule has 0 aliphatic carbocycles. The van der Waals surface area contributed by atoms with Crippen molar-refractivity contribution in [2.45, 2.75) is 25.8 Å². The summed E-state index contributed by atoms with van der Waals surface area (Å²) < 4.78 is 5.15. The summed E-state index contributed by atoms with van der Waals surface area (Å²) in [6.45, 7) is 3.79. The summed E-state index contributed by atoms with van der Waals surface area (Å²) in [6.07, 6.45) is 2.04. The summed E-state index contributed by atoms with van der Waals surface area (Å²) in [5.74, 6) is 2.30. The second-order valence-electron chi connectivity index (χ2n) is 4.14. The van der Waals surface area contributed by atoms with Crippen LogP contribution < -0.4 is 15.4 Å². The van der Waals surface area contributed by atoms with E-state index in [1.54, 1.807) is 7.11 Å². The van der Waals surface area contributed by atoms with Gasteiger partial charge in [-0.05, 0) is 19.8 Å². The molecule has 1 aliphatic heterocycles. The number of ether oxygens (including phenoxy) is 1. The number of rotatable bonds is 2. The molecule has 0 unspecified atom stereocenters. The van der Waals surface area contributed by atoms with Crippen molar-refractivity contribution in [3.05, 3.63) is 11.9 Å². The van der Waals surface area contributed by atoms with Crippen LogP contribution in [0.4, 0.5) is 5.82 Å². The van der Waals surface area contributed by atoms with E-state index in [0.717, 1.165) is 37.6 Å². The van der Waals surface area contributed by atoms with Gasteiger partial charge in [-0.1, -0.05) is 0 Å². The van der Waals surface area contributed by atoms with Crippen molar-refractivity contribution in [2.24, 2.45) is 5.73 Å². The van der Waals surface area contributed by atoms with Crippen molar-refractivity contribution in [1.82, 2.24) is 9.97 Å². The zero-order chi connectivity index (χ0) is 11.5. The highest BCUT2D eigenvalue weighted by Gasteiger charge is 2.18. The topological polar surface area (TPSA) is 64.3 Å². The van der Waals surface area contributed by atoms with Gasteiger partial charge in [0.05, 0.1) is 7.11 Å². The van der Waals surface area contributed by atoms with Gasteiger partial charge in [-0.2, -0.15) is 4.98 Å². The molecule has 1 aromatic heterocycles. The number of anilines is 1. The van der Waals surface area contributed by atoms with Crippen LogP contribution in [0.3, 0.4) is 0 Å². The molecule has 16 heavy (non-hydrogen) atoms. The van der Waals surface area contributed by atoms with Gasteiger partial charge < -0.3 is 15.4 Å². The number of hydrogen-bond acceptors (Lipinski definition) is 5. The third kappa shape index (κ3) is 2.41. The second kappa shape index (κ2) is 4.65. The van der Waals surface area contributed by atoms with E-state index in [0.29, 0.717) is 11.9 Å². The average molecular weight is 222 g/mol. The van der Waals surface area contributed by atoms with Crippen LogP contribution in [-0.2, 0) is 0 Å². The Labute approximate surface area is 95.6 Å². The van der Waals surface area contributed by atoms with Gasteiger partial charge >= 0.3 is 0 Å². The van der Waals surface area contributed by atoms with E-state index in [9.17, 15) is 0 Å². The maximum Gasteiger partial charge on any atom is 0.218 e. The largest absolute Gasteiger partial charge is 0.481 e. The lowest BCUT2D eigenvalue weighted by molar-refractivity contribution is 0.395. The molecule has 0 atom stereocenters. The van der Waals surface area contributed by atoms with E-state index in [1.807, 2.05) is 13.0 Å². The first-order chi connectivity index (χ1) is 7.69. The fraction of sp³-hybridized carbons (Fsp3) is 0.636. The van der Waals surface area contributed by atoms with Crippen LogP contribution in [0.5, 0.6) is 5.88 Å². The normalized spacial score (nSPS) is 17.6. The highest BCUT2D eigenvalue weighted by molar-refractivity contribution is 5.42. The third-order valence-corrected chi connectivity index (χ3v) is 2.87. The molecule has 1 fully saturated rings. The molecule has 0 aromatic carbocycles. The predicted octanol–water partition coefficient (Wildman–Crippen LogP) is 0.721. The Morgan fingerprint density at radius 2 is 2.06 bits per heavy atom. The number of nitrogens with two attached hydrogens (primary N) is 1. The van der Waals surface area contributed by atoms with Crippen molar-refractivity contribution >= 4 is 5.82 Å². The monoisotopic (exact) mass is 222 g/mol. The number of methoxy groups -OCH3 is 1. The fourth-order valence-corrected chi connectivity index (χ4v) is 1.92. The number of piperidine rings is 1. The molecule has 5 nitrogen and oxygen atoms in total. The van der Waals surface area contributed by atoms with Crippen molar-refractivity contribution in [1.29, 1.82) is 0 Å². The second-order valence-corrected chi connectivity index (χ2v) is 4.14. The minimum Gasteiger partial charge on any atom is -0.481 e. The van der Waals surface area contributed by atoms with Gasteiger partial charge in [0, 0.05) is 25.2 Å². The van der Waals surface area contributed by atoms with Crippen LogP contribution in [0, 0.1) is 6.92 Å². The predicted molar refractivity (Wildman–Crippen MR) is 62.7 cm³/mol. The van der Waals surface area contributed by atoms with Crippen molar-refractivity contribution in [3.8, 4) is 5.88 Å². The fourth-order valence-electron chi connectivity index (χ4n) is 1.92. The molecule has 0 radical (unpaired) electrons. The number of aryl methyl sites for hydroxylation is 1.